The number of ether oxygens (including phenoxy) is 1. The lowest BCUT2D eigenvalue weighted by atomic mass is 10.1. The molecule has 0 unspecified atom stereocenters. The van der Waals surface area contributed by atoms with E-state index in [1.807, 2.05) is 41.8 Å². The van der Waals surface area contributed by atoms with E-state index in [4.69, 9.17) is 9.72 Å². The molecule has 0 saturated carbocycles. The molecule has 9 heteroatoms. The van der Waals surface area contributed by atoms with Crippen molar-refractivity contribution in [3.63, 3.8) is 0 Å². The molecule has 2 aromatic heterocycles. The highest BCUT2D eigenvalue weighted by Crippen LogP contribution is 2.33. The fourth-order valence-corrected chi connectivity index (χ4v) is 4.72. The van der Waals surface area contributed by atoms with Crippen LogP contribution >= 0.6 is 11.3 Å². The van der Waals surface area contributed by atoms with Crippen LogP contribution in [0, 0.1) is 11.3 Å². The maximum Gasteiger partial charge on any atom is 0.265 e. The van der Waals surface area contributed by atoms with Gasteiger partial charge in [0.25, 0.3) is 11.5 Å². The van der Waals surface area contributed by atoms with Crippen LogP contribution in [0.3, 0.4) is 0 Å². The van der Waals surface area contributed by atoms with Gasteiger partial charge in [0.05, 0.1) is 23.7 Å². The molecular formula is C24H19N5O3S. The van der Waals surface area contributed by atoms with Crippen molar-refractivity contribution >= 4 is 38.8 Å². The van der Waals surface area contributed by atoms with E-state index >= 15 is 0 Å². The summed E-state index contributed by atoms with van der Waals surface area (Å²) in [4.78, 5) is 30.6. The van der Waals surface area contributed by atoms with Crippen molar-refractivity contribution in [1.29, 1.82) is 5.26 Å². The summed E-state index contributed by atoms with van der Waals surface area (Å²) in [6, 6.07) is 17.1. The lowest BCUT2D eigenvalue weighted by Gasteiger charge is -2.23. The summed E-state index contributed by atoms with van der Waals surface area (Å²) in [5.41, 5.74) is 2.81. The van der Waals surface area contributed by atoms with E-state index in [2.05, 4.69) is 16.7 Å². The number of nitrogens with zero attached hydrogens (tertiary/aromatic N) is 3. The first-order valence-corrected chi connectivity index (χ1v) is 11.2. The van der Waals surface area contributed by atoms with Gasteiger partial charge in [-0.15, -0.1) is 11.3 Å². The second-order valence-electron chi connectivity index (χ2n) is 7.59. The van der Waals surface area contributed by atoms with Crippen molar-refractivity contribution in [2.45, 2.75) is 26.1 Å². The van der Waals surface area contributed by atoms with Gasteiger partial charge >= 0.3 is 0 Å². The van der Waals surface area contributed by atoms with Crippen LogP contribution in [0.4, 0.5) is 11.4 Å². The number of carbonyl (C=O) groups is 1. The number of aromatic nitrogens is 2. The Labute approximate surface area is 193 Å². The highest BCUT2D eigenvalue weighted by Gasteiger charge is 2.23. The number of carbonyl (C=O) groups excluding carboxylic acids is 1. The minimum atomic E-state index is -0.542. The van der Waals surface area contributed by atoms with Crippen molar-refractivity contribution in [1.82, 2.24) is 9.55 Å². The van der Waals surface area contributed by atoms with Gasteiger partial charge < -0.3 is 15.4 Å². The summed E-state index contributed by atoms with van der Waals surface area (Å²) in [5.74, 6) is 0.851. The SMILES string of the molecule is C[C@@H]1Oc2ccc(NCc3nc4scc(-c5ccccc5)c4c(=O)n3CC#N)cc2NC1=O. The summed E-state index contributed by atoms with van der Waals surface area (Å²) in [7, 11) is 0. The Morgan fingerprint density at radius 2 is 2.06 bits per heavy atom. The summed E-state index contributed by atoms with van der Waals surface area (Å²) in [6.45, 7) is 1.82. The molecule has 1 atom stereocenters. The normalized spacial score (nSPS) is 14.8. The topological polar surface area (TPSA) is 109 Å². The predicted molar refractivity (Wildman–Crippen MR) is 127 cm³/mol. The molecule has 0 radical (unpaired) electrons. The van der Waals surface area contributed by atoms with Crippen LogP contribution in [-0.2, 0) is 17.9 Å². The number of hydrogen-bond acceptors (Lipinski definition) is 7. The van der Waals surface area contributed by atoms with Crippen LogP contribution in [0.1, 0.15) is 12.7 Å². The second kappa shape index (κ2) is 8.41. The lowest BCUT2D eigenvalue weighted by molar-refractivity contribution is -0.122. The molecule has 164 valence electrons. The zero-order valence-electron chi connectivity index (χ0n) is 17.7. The zero-order valence-corrected chi connectivity index (χ0v) is 18.5. The van der Waals surface area contributed by atoms with Gasteiger partial charge in [-0.25, -0.2) is 4.98 Å². The van der Waals surface area contributed by atoms with Crippen molar-refractivity contribution in [3.8, 4) is 22.9 Å². The number of nitriles is 1. The summed E-state index contributed by atoms with van der Waals surface area (Å²) in [5, 5.41) is 17.8. The van der Waals surface area contributed by atoms with Crippen LogP contribution in [0.5, 0.6) is 5.75 Å². The van der Waals surface area contributed by atoms with Crippen LogP contribution in [0.2, 0.25) is 0 Å². The molecule has 0 bridgehead atoms. The molecule has 2 N–H and O–H groups in total. The van der Waals surface area contributed by atoms with Crippen LogP contribution < -0.4 is 20.9 Å². The fraction of sp³-hybridized carbons (Fsp3) is 0.167. The van der Waals surface area contributed by atoms with E-state index in [1.165, 1.54) is 15.9 Å². The molecule has 8 nitrogen and oxygen atoms in total. The molecular weight excluding hydrogens is 438 g/mol. The van der Waals surface area contributed by atoms with Crippen molar-refractivity contribution < 1.29 is 9.53 Å². The number of hydrogen-bond donors (Lipinski definition) is 2. The van der Waals surface area contributed by atoms with Gasteiger partial charge in [-0.1, -0.05) is 30.3 Å². The Hall–Kier alpha value is -4.16. The maximum absolute atomic E-state index is 13.4. The highest BCUT2D eigenvalue weighted by atomic mass is 32.1. The van der Waals surface area contributed by atoms with Crippen LogP contribution in [0.15, 0.2) is 58.7 Å². The maximum atomic E-state index is 13.4. The minimum Gasteiger partial charge on any atom is -0.479 e. The minimum absolute atomic E-state index is 0.102. The third kappa shape index (κ3) is 3.81. The largest absolute Gasteiger partial charge is 0.479 e. The molecule has 0 saturated heterocycles. The standard InChI is InChI=1S/C24H19N5O3S/c1-14-22(30)27-18-11-16(7-8-19(18)32-14)26-12-20-28-23-21(24(31)29(20)10-9-25)17(13-33-23)15-5-3-2-4-6-15/h2-8,11,13-14,26H,10,12H2,1H3,(H,27,30)/t14-/m0/s1. The zero-order chi connectivity index (χ0) is 22.9. The quantitative estimate of drug-likeness (QED) is 0.469. The van der Waals surface area contributed by atoms with Crippen LogP contribution in [-0.4, -0.2) is 21.6 Å². The van der Waals surface area contributed by atoms with Gasteiger partial charge in [0, 0.05) is 16.6 Å². The van der Waals surface area contributed by atoms with E-state index in [1.54, 1.807) is 19.1 Å². The molecule has 2 aromatic carbocycles. The third-order valence-electron chi connectivity index (χ3n) is 5.45. The van der Waals surface area contributed by atoms with E-state index in [-0.39, 0.29) is 24.6 Å². The van der Waals surface area contributed by atoms with Gasteiger partial charge in [0.1, 0.15) is 22.9 Å². The van der Waals surface area contributed by atoms with Crippen molar-refractivity contribution in [2.24, 2.45) is 0 Å². The number of benzene rings is 2. The Morgan fingerprint density at radius 1 is 1.24 bits per heavy atom. The molecule has 0 spiro atoms. The molecule has 1 aliphatic rings. The fourth-order valence-electron chi connectivity index (χ4n) is 3.77. The van der Waals surface area contributed by atoms with E-state index in [9.17, 15) is 14.9 Å². The number of anilines is 2. The Morgan fingerprint density at radius 3 is 2.85 bits per heavy atom. The first-order chi connectivity index (χ1) is 16.0. The molecule has 1 aliphatic heterocycles. The predicted octanol–water partition coefficient (Wildman–Crippen LogP) is 3.98. The van der Waals surface area contributed by atoms with Gasteiger partial charge in [0.15, 0.2) is 6.10 Å². The molecule has 0 aliphatic carbocycles. The average molecular weight is 458 g/mol. The monoisotopic (exact) mass is 457 g/mol. The Bertz CT molecular complexity index is 1470. The number of rotatable bonds is 5. The first-order valence-electron chi connectivity index (χ1n) is 10.3. The van der Waals surface area contributed by atoms with Crippen molar-refractivity contribution in [2.75, 3.05) is 10.6 Å². The van der Waals surface area contributed by atoms with E-state index in [0.717, 1.165) is 16.8 Å². The van der Waals surface area contributed by atoms with Gasteiger partial charge in [0.2, 0.25) is 0 Å². The lowest BCUT2D eigenvalue weighted by Crippen LogP contribution is -2.34. The molecule has 1 amide bonds. The third-order valence-corrected chi connectivity index (χ3v) is 6.32. The molecule has 33 heavy (non-hydrogen) atoms. The molecule has 0 fully saturated rings. The summed E-state index contributed by atoms with van der Waals surface area (Å²) >= 11 is 1.41. The summed E-state index contributed by atoms with van der Waals surface area (Å²) < 4.78 is 6.99. The van der Waals surface area contributed by atoms with E-state index in [0.29, 0.717) is 27.5 Å². The number of amides is 1. The Kier molecular flexibility index (Phi) is 5.28. The van der Waals surface area contributed by atoms with Gasteiger partial charge in [-0.3, -0.25) is 14.2 Å². The molecule has 5 rings (SSSR count). The number of nitrogens with one attached hydrogen (secondary N) is 2. The van der Waals surface area contributed by atoms with E-state index < -0.39 is 6.10 Å². The molecule has 3 heterocycles. The summed E-state index contributed by atoms with van der Waals surface area (Å²) in [6.07, 6.45) is -0.542. The van der Waals surface area contributed by atoms with Crippen molar-refractivity contribution in [3.05, 3.63) is 70.1 Å². The average Bonchev–Trinajstić information content (AvgIpc) is 3.25. The number of thiophene rings is 1. The Balaban J connectivity index is 1.48. The highest BCUT2D eigenvalue weighted by molar-refractivity contribution is 7.17. The second-order valence-corrected chi connectivity index (χ2v) is 8.44. The first kappa shape index (κ1) is 20.7. The number of fused-ring (bicyclic) bond motifs is 2. The smallest absolute Gasteiger partial charge is 0.265 e. The van der Waals surface area contributed by atoms with Crippen LogP contribution in [0.25, 0.3) is 21.3 Å². The van der Waals surface area contributed by atoms with Gasteiger partial charge in [-0.05, 0) is 30.7 Å². The molecule has 4 aromatic rings. The van der Waals surface area contributed by atoms with Gasteiger partial charge in [-0.2, -0.15) is 5.26 Å².